The molecule has 20 heavy (non-hydrogen) atoms. The summed E-state index contributed by atoms with van der Waals surface area (Å²) in [4.78, 5) is 23.6. The Morgan fingerprint density at radius 2 is 2.30 bits per heavy atom. The Labute approximate surface area is 116 Å². The second-order valence-corrected chi connectivity index (χ2v) is 4.51. The Bertz CT molecular complexity index is 632. The highest BCUT2D eigenvalue weighted by atomic mass is 16.2. The number of rotatable bonds is 5. The third-order valence-corrected chi connectivity index (χ3v) is 2.90. The molecule has 2 aromatic heterocycles. The Hall–Kier alpha value is -2.44. The maximum Gasteiger partial charge on any atom is 0.272 e. The van der Waals surface area contributed by atoms with Crippen LogP contribution in [0.15, 0.2) is 29.3 Å². The van der Waals surface area contributed by atoms with Crippen LogP contribution in [0.4, 0.5) is 0 Å². The van der Waals surface area contributed by atoms with Gasteiger partial charge in [-0.3, -0.25) is 14.7 Å². The van der Waals surface area contributed by atoms with Crippen molar-refractivity contribution in [3.8, 4) is 0 Å². The van der Waals surface area contributed by atoms with Crippen molar-refractivity contribution in [1.82, 2.24) is 25.3 Å². The van der Waals surface area contributed by atoms with Crippen molar-refractivity contribution in [3.05, 3.63) is 46.1 Å². The molecule has 2 aromatic rings. The Kier molecular flexibility index (Phi) is 4.29. The number of nitrogens with one attached hydrogen (secondary N) is 2. The summed E-state index contributed by atoms with van der Waals surface area (Å²) in [6.07, 6.45) is 4.15. The lowest BCUT2D eigenvalue weighted by Gasteiger charge is -2.12. The fourth-order valence-corrected chi connectivity index (χ4v) is 1.79. The Morgan fingerprint density at radius 3 is 2.95 bits per heavy atom. The van der Waals surface area contributed by atoms with Gasteiger partial charge >= 0.3 is 0 Å². The molecule has 7 heteroatoms. The number of hydrogen-bond acceptors (Lipinski definition) is 4. The number of hydrogen-bond donors (Lipinski definition) is 2. The van der Waals surface area contributed by atoms with Crippen molar-refractivity contribution in [3.63, 3.8) is 0 Å². The maximum absolute atomic E-state index is 12.1. The molecule has 0 aliphatic heterocycles. The van der Waals surface area contributed by atoms with Gasteiger partial charge in [0.05, 0.1) is 12.2 Å². The van der Waals surface area contributed by atoms with Gasteiger partial charge in [0.25, 0.3) is 11.5 Å². The van der Waals surface area contributed by atoms with Gasteiger partial charge in [-0.25, -0.2) is 4.68 Å². The van der Waals surface area contributed by atoms with Crippen molar-refractivity contribution in [2.75, 3.05) is 0 Å². The number of H-pyrrole nitrogens is 1. The molecule has 1 atom stereocenters. The summed E-state index contributed by atoms with van der Waals surface area (Å²) in [7, 11) is 0. The molecule has 0 saturated carbocycles. The van der Waals surface area contributed by atoms with E-state index in [9.17, 15) is 9.59 Å². The average molecular weight is 275 g/mol. The molecule has 0 saturated heterocycles. The molecule has 1 unspecified atom stereocenters. The van der Waals surface area contributed by atoms with Crippen molar-refractivity contribution >= 4 is 5.91 Å². The van der Waals surface area contributed by atoms with Crippen LogP contribution in [0.25, 0.3) is 0 Å². The van der Waals surface area contributed by atoms with Gasteiger partial charge in [-0.05, 0) is 19.4 Å². The summed E-state index contributed by atoms with van der Waals surface area (Å²) >= 11 is 0. The van der Waals surface area contributed by atoms with Gasteiger partial charge in [-0.1, -0.05) is 6.92 Å². The number of aromatic nitrogens is 4. The van der Waals surface area contributed by atoms with Crippen molar-refractivity contribution < 1.29 is 4.79 Å². The number of carbonyl (C=O) groups excluding carboxylic acids is 1. The fourth-order valence-electron chi connectivity index (χ4n) is 1.79. The molecule has 0 aromatic carbocycles. The number of aromatic amines is 1. The van der Waals surface area contributed by atoms with Gasteiger partial charge < -0.3 is 5.32 Å². The predicted octanol–water partition coefficient (Wildman–Crippen LogP) is 0.867. The lowest BCUT2D eigenvalue weighted by molar-refractivity contribution is 0.0932. The molecule has 0 fully saturated rings. The lowest BCUT2D eigenvalue weighted by Crippen LogP contribution is -2.31. The van der Waals surface area contributed by atoms with Crippen LogP contribution >= 0.6 is 0 Å². The van der Waals surface area contributed by atoms with Gasteiger partial charge in [0.15, 0.2) is 0 Å². The van der Waals surface area contributed by atoms with E-state index < -0.39 is 0 Å². The third-order valence-electron chi connectivity index (χ3n) is 2.90. The predicted molar refractivity (Wildman–Crippen MR) is 73.3 cm³/mol. The van der Waals surface area contributed by atoms with Crippen molar-refractivity contribution in [2.45, 2.75) is 32.9 Å². The van der Waals surface area contributed by atoms with Crippen LogP contribution < -0.4 is 10.9 Å². The first-order valence-corrected chi connectivity index (χ1v) is 6.49. The average Bonchev–Trinajstić information content (AvgIpc) is 2.95. The van der Waals surface area contributed by atoms with Gasteiger partial charge in [-0.2, -0.15) is 10.2 Å². The van der Waals surface area contributed by atoms with E-state index in [0.717, 1.165) is 12.0 Å². The largest absolute Gasteiger partial charge is 0.344 e. The summed E-state index contributed by atoms with van der Waals surface area (Å²) in [6.45, 7) is 4.30. The van der Waals surface area contributed by atoms with E-state index >= 15 is 0 Å². The number of carbonyl (C=O) groups is 1. The summed E-state index contributed by atoms with van der Waals surface area (Å²) < 4.78 is 1.30. The summed E-state index contributed by atoms with van der Waals surface area (Å²) in [5.74, 6) is -0.316. The molecule has 0 spiro atoms. The molecule has 2 N–H and O–H groups in total. The zero-order valence-corrected chi connectivity index (χ0v) is 11.5. The molecule has 7 nitrogen and oxygen atoms in total. The van der Waals surface area contributed by atoms with Crippen molar-refractivity contribution in [1.29, 1.82) is 0 Å². The molecule has 2 heterocycles. The monoisotopic (exact) mass is 275 g/mol. The van der Waals surface area contributed by atoms with E-state index in [1.165, 1.54) is 16.8 Å². The van der Waals surface area contributed by atoms with E-state index in [1.54, 1.807) is 12.4 Å². The fraction of sp³-hybridized carbons (Fsp3) is 0.385. The van der Waals surface area contributed by atoms with Crippen LogP contribution in [0.2, 0.25) is 0 Å². The molecule has 106 valence electrons. The van der Waals surface area contributed by atoms with Crippen LogP contribution in [0, 0.1) is 0 Å². The minimum atomic E-state index is -0.316. The smallest absolute Gasteiger partial charge is 0.272 e. The molecular formula is C13H17N5O2. The maximum atomic E-state index is 12.1. The topological polar surface area (TPSA) is 92.7 Å². The highest BCUT2D eigenvalue weighted by Gasteiger charge is 2.14. The molecule has 0 bridgehead atoms. The summed E-state index contributed by atoms with van der Waals surface area (Å²) in [6, 6.07) is 2.61. The number of nitrogens with zero attached hydrogens (tertiary/aromatic N) is 3. The van der Waals surface area contributed by atoms with E-state index in [-0.39, 0.29) is 23.2 Å². The quantitative estimate of drug-likeness (QED) is 0.846. The lowest BCUT2D eigenvalue weighted by atomic mass is 10.2. The normalized spacial score (nSPS) is 12.1. The van der Waals surface area contributed by atoms with Gasteiger partial charge in [0.1, 0.15) is 5.69 Å². The highest BCUT2D eigenvalue weighted by Crippen LogP contribution is 2.09. The van der Waals surface area contributed by atoms with E-state index in [0.29, 0.717) is 6.54 Å². The van der Waals surface area contributed by atoms with Crippen LogP contribution in [-0.2, 0) is 6.54 Å². The molecular weight excluding hydrogens is 258 g/mol. The van der Waals surface area contributed by atoms with E-state index in [2.05, 4.69) is 20.6 Å². The first-order valence-electron chi connectivity index (χ1n) is 6.49. The van der Waals surface area contributed by atoms with Gasteiger partial charge in [0, 0.05) is 24.4 Å². The standard InChI is InChI=1S/C13H17N5O2/c1-3-6-18-12(19)5-4-11(17-18)13(20)16-9(2)10-7-14-15-8-10/h4-5,7-9H,3,6H2,1-2H3,(H,14,15)(H,16,20). The molecule has 1 amide bonds. The minimum Gasteiger partial charge on any atom is -0.344 e. The van der Waals surface area contributed by atoms with Gasteiger partial charge in [0.2, 0.25) is 0 Å². The van der Waals surface area contributed by atoms with E-state index in [1.807, 2.05) is 13.8 Å². The number of amides is 1. The van der Waals surface area contributed by atoms with Crippen molar-refractivity contribution in [2.24, 2.45) is 0 Å². The highest BCUT2D eigenvalue weighted by molar-refractivity contribution is 5.92. The zero-order valence-electron chi connectivity index (χ0n) is 11.5. The molecule has 0 aliphatic rings. The summed E-state index contributed by atoms with van der Waals surface area (Å²) in [5, 5.41) is 13.4. The molecule has 2 rings (SSSR count). The second-order valence-electron chi connectivity index (χ2n) is 4.51. The minimum absolute atomic E-state index is 0.186. The van der Waals surface area contributed by atoms with Crippen LogP contribution in [-0.4, -0.2) is 25.9 Å². The zero-order chi connectivity index (χ0) is 14.5. The van der Waals surface area contributed by atoms with E-state index in [4.69, 9.17) is 0 Å². The Morgan fingerprint density at radius 1 is 1.50 bits per heavy atom. The SMILES string of the molecule is CCCn1nc(C(=O)NC(C)c2cn[nH]c2)ccc1=O. The van der Waals surface area contributed by atoms with Crippen LogP contribution in [0.1, 0.15) is 42.4 Å². The van der Waals surface area contributed by atoms with Gasteiger partial charge in [-0.15, -0.1) is 0 Å². The summed E-state index contributed by atoms with van der Waals surface area (Å²) in [5.41, 5.74) is 0.903. The first-order chi connectivity index (χ1) is 9.61. The number of aryl methyl sites for hydroxylation is 1. The first kappa shape index (κ1) is 14.0. The Balaban J connectivity index is 2.13. The van der Waals surface area contributed by atoms with Crippen LogP contribution in [0.3, 0.4) is 0 Å². The molecule has 0 aliphatic carbocycles. The van der Waals surface area contributed by atoms with Crippen LogP contribution in [0.5, 0.6) is 0 Å². The second kappa shape index (κ2) is 6.14. The third kappa shape index (κ3) is 3.11. The molecule has 0 radical (unpaired) electrons.